The fourth-order valence-electron chi connectivity index (χ4n) is 1.52. The second-order valence-electron chi connectivity index (χ2n) is 3.01. The van der Waals surface area contributed by atoms with E-state index in [1.165, 1.54) is 7.11 Å². The van der Waals surface area contributed by atoms with Crippen molar-refractivity contribution in [2.45, 2.75) is 18.5 Å². The molecule has 0 aromatic carbocycles. The highest BCUT2D eigenvalue weighted by Crippen LogP contribution is 2.16. The first-order valence-electron chi connectivity index (χ1n) is 4.13. The van der Waals surface area contributed by atoms with Gasteiger partial charge in [-0.25, -0.2) is 5.43 Å². The summed E-state index contributed by atoms with van der Waals surface area (Å²) in [4.78, 5) is 15.2. The number of carbonyl (C=O) groups excluding carboxylic acids is 1. The van der Waals surface area contributed by atoms with Crippen molar-refractivity contribution < 1.29 is 9.53 Å². The van der Waals surface area contributed by atoms with E-state index in [4.69, 9.17) is 0 Å². The molecule has 2 heterocycles. The Bertz CT molecular complexity index is 255. The number of fused-ring (bicyclic) bond motifs is 1. The number of hydrazine groups is 1. The number of aliphatic imine (C=N–C) groups is 1. The lowest BCUT2D eigenvalue weighted by atomic mass is 10.1. The molecule has 2 atom stereocenters. The highest BCUT2D eigenvalue weighted by atomic mass is 16.5. The van der Waals surface area contributed by atoms with Gasteiger partial charge in [-0.1, -0.05) is 0 Å². The standard InChI is InChI=1S/C8H11N3O2/c1-13-8(12)7-4-6-5-9-2-3-11(6)10-7/h2-3,5-7,10H,4H2,1H3. The van der Waals surface area contributed by atoms with E-state index >= 15 is 0 Å². The average molecular weight is 181 g/mol. The van der Waals surface area contributed by atoms with Crippen LogP contribution in [0.25, 0.3) is 0 Å². The zero-order valence-electron chi connectivity index (χ0n) is 7.30. The summed E-state index contributed by atoms with van der Waals surface area (Å²) in [5.41, 5.74) is 3.02. The lowest BCUT2D eigenvalue weighted by Gasteiger charge is -2.20. The number of esters is 1. The molecule has 0 radical (unpaired) electrons. The fraction of sp³-hybridized carbons (Fsp3) is 0.500. The van der Waals surface area contributed by atoms with Gasteiger partial charge in [-0.15, -0.1) is 0 Å². The number of hydrogen-bond acceptors (Lipinski definition) is 5. The zero-order valence-corrected chi connectivity index (χ0v) is 7.30. The Hall–Kier alpha value is -1.36. The summed E-state index contributed by atoms with van der Waals surface area (Å²) in [6.45, 7) is 0. The topological polar surface area (TPSA) is 53.9 Å². The van der Waals surface area contributed by atoms with E-state index in [1.807, 2.05) is 17.4 Å². The van der Waals surface area contributed by atoms with E-state index in [0.29, 0.717) is 6.42 Å². The molecule has 0 bridgehead atoms. The Morgan fingerprint density at radius 1 is 1.77 bits per heavy atom. The van der Waals surface area contributed by atoms with E-state index in [1.54, 1.807) is 6.20 Å². The molecule has 0 amide bonds. The number of nitrogens with one attached hydrogen (secondary N) is 1. The second kappa shape index (κ2) is 3.18. The van der Waals surface area contributed by atoms with E-state index in [9.17, 15) is 4.79 Å². The number of carbonyl (C=O) groups is 1. The molecule has 1 N–H and O–H groups in total. The Morgan fingerprint density at radius 3 is 3.31 bits per heavy atom. The van der Waals surface area contributed by atoms with Crippen LogP contribution in [0.3, 0.4) is 0 Å². The van der Waals surface area contributed by atoms with Gasteiger partial charge in [0.15, 0.2) is 0 Å². The van der Waals surface area contributed by atoms with Gasteiger partial charge in [0.1, 0.15) is 6.04 Å². The van der Waals surface area contributed by atoms with Gasteiger partial charge in [0.25, 0.3) is 0 Å². The molecule has 5 nitrogen and oxygen atoms in total. The van der Waals surface area contributed by atoms with Crippen LogP contribution in [0.2, 0.25) is 0 Å². The molecule has 0 aliphatic carbocycles. The van der Waals surface area contributed by atoms with Gasteiger partial charge < -0.3 is 9.75 Å². The van der Waals surface area contributed by atoms with Crippen LogP contribution in [0.5, 0.6) is 0 Å². The summed E-state index contributed by atoms with van der Waals surface area (Å²) in [6, 6.07) is -0.0710. The third kappa shape index (κ3) is 1.42. The van der Waals surface area contributed by atoms with Crippen LogP contribution < -0.4 is 5.43 Å². The summed E-state index contributed by atoms with van der Waals surface area (Å²) in [7, 11) is 1.39. The van der Waals surface area contributed by atoms with Gasteiger partial charge in [-0.2, -0.15) is 0 Å². The molecule has 70 valence electrons. The second-order valence-corrected chi connectivity index (χ2v) is 3.01. The molecule has 1 saturated heterocycles. The van der Waals surface area contributed by atoms with Crippen LogP contribution >= 0.6 is 0 Å². The van der Waals surface area contributed by atoms with Gasteiger partial charge >= 0.3 is 5.97 Å². The summed E-state index contributed by atoms with van der Waals surface area (Å²) in [6.07, 6.45) is 6.02. The molecule has 13 heavy (non-hydrogen) atoms. The van der Waals surface area contributed by atoms with Crippen molar-refractivity contribution in [2.75, 3.05) is 7.11 Å². The molecule has 2 unspecified atom stereocenters. The maximum atomic E-state index is 11.2. The molecule has 2 aliphatic heterocycles. The van der Waals surface area contributed by atoms with Crippen molar-refractivity contribution in [1.82, 2.24) is 10.4 Å². The highest BCUT2D eigenvalue weighted by Gasteiger charge is 2.34. The molecule has 0 aromatic rings. The van der Waals surface area contributed by atoms with Crippen LogP contribution in [0.4, 0.5) is 0 Å². The molecule has 0 aromatic heterocycles. The summed E-state index contributed by atoms with van der Waals surface area (Å²) in [5.74, 6) is -0.226. The monoisotopic (exact) mass is 181 g/mol. The minimum absolute atomic E-state index is 0.175. The minimum atomic E-state index is -0.246. The molecule has 2 rings (SSSR count). The minimum Gasteiger partial charge on any atom is -0.468 e. The average Bonchev–Trinajstić information content (AvgIpc) is 2.59. The van der Waals surface area contributed by atoms with Crippen molar-refractivity contribution >= 4 is 12.2 Å². The van der Waals surface area contributed by atoms with Crippen molar-refractivity contribution in [3.63, 3.8) is 0 Å². The predicted octanol–water partition coefficient (Wildman–Crippen LogP) is -0.338. The van der Waals surface area contributed by atoms with E-state index < -0.39 is 0 Å². The lowest BCUT2D eigenvalue weighted by Crippen LogP contribution is -2.39. The number of ether oxygens (including phenoxy) is 1. The molecule has 2 aliphatic rings. The van der Waals surface area contributed by atoms with Crippen LogP contribution in [0.1, 0.15) is 6.42 Å². The molecule has 1 fully saturated rings. The third-order valence-corrected chi connectivity index (χ3v) is 2.20. The highest BCUT2D eigenvalue weighted by molar-refractivity contribution is 5.78. The fourth-order valence-corrected chi connectivity index (χ4v) is 1.52. The normalized spacial score (nSPS) is 30.4. The number of hydrogen-bond donors (Lipinski definition) is 1. The van der Waals surface area contributed by atoms with E-state index in [0.717, 1.165) is 0 Å². The Balaban J connectivity index is 2.04. The van der Waals surface area contributed by atoms with Gasteiger partial charge in [0.05, 0.1) is 13.2 Å². The Morgan fingerprint density at radius 2 is 2.62 bits per heavy atom. The van der Waals surface area contributed by atoms with Crippen molar-refractivity contribution in [3.8, 4) is 0 Å². The van der Waals surface area contributed by atoms with Crippen LogP contribution in [0.15, 0.2) is 17.4 Å². The molecular formula is C8H11N3O2. The van der Waals surface area contributed by atoms with E-state index in [2.05, 4.69) is 15.2 Å². The van der Waals surface area contributed by atoms with E-state index in [-0.39, 0.29) is 18.1 Å². The number of nitrogens with zero attached hydrogens (tertiary/aromatic N) is 2. The van der Waals surface area contributed by atoms with Crippen LogP contribution in [-0.2, 0) is 9.53 Å². The zero-order chi connectivity index (χ0) is 9.26. The molecule has 0 saturated carbocycles. The lowest BCUT2D eigenvalue weighted by molar-refractivity contribution is -0.143. The number of rotatable bonds is 1. The first-order chi connectivity index (χ1) is 6.31. The van der Waals surface area contributed by atoms with Gasteiger partial charge in [0, 0.05) is 25.0 Å². The van der Waals surface area contributed by atoms with Crippen molar-refractivity contribution in [1.29, 1.82) is 0 Å². The molecule has 5 heteroatoms. The quantitative estimate of drug-likeness (QED) is 0.562. The van der Waals surface area contributed by atoms with Gasteiger partial charge in [-0.3, -0.25) is 9.79 Å². The maximum absolute atomic E-state index is 11.2. The maximum Gasteiger partial charge on any atom is 0.324 e. The van der Waals surface area contributed by atoms with Gasteiger partial charge in [0.2, 0.25) is 0 Å². The summed E-state index contributed by atoms with van der Waals surface area (Å²) >= 11 is 0. The number of methoxy groups -OCH3 is 1. The summed E-state index contributed by atoms with van der Waals surface area (Å²) < 4.78 is 4.64. The molecule has 0 spiro atoms. The summed E-state index contributed by atoms with van der Waals surface area (Å²) in [5, 5.41) is 1.87. The Labute approximate surface area is 76.0 Å². The van der Waals surface area contributed by atoms with Crippen molar-refractivity contribution in [3.05, 3.63) is 12.4 Å². The van der Waals surface area contributed by atoms with Crippen LogP contribution in [-0.4, -0.2) is 36.4 Å². The van der Waals surface area contributed by atoms with Gasteiger partial charge in [-0.05, 0) is 0 Å². The van der Waals surface area contributed by atoms with Crippen molar-refractivity contribution in [2.24, 2.45) is 4.99 Å². The Kier molecular flexibility index (Phi) is 2.02. The smallest absolute Gasteiger partial charge is 0.324 e. The first-order valence-corrected chi connectivity index (χ1v) is 4.13. The predicted molar refractivity (Wildman–Crippen MR) is 46.8 cm³/mol. The molecular weight excluding hydrogens is 170 g/mol. The first kappa shape index (κ1) is 8.25. The third-order valence-electron chi connectivity index (χ3n) is 2.20. The SMILES string of the molecule is COC(=O)C1CC2C=NC=CN2N1. The van der Waals surface area contributed by atoms with Crippen LogP contribution in [0, 0.1) is 0 Å². The largest absolute Gasteiger partial charge is 0.468 e.